The molecule has 0 unspecified atom stereocenters. The van der Waals surface area contributed by atoms with Gasteiger partial charge in [-0.15, -0.1) is 0 Å². The van der Waals surface area contributed by atoms with Crippen molar-refractivity contribution in [1.29, 1.82) is 0 Å². The van der Waals surface area contributed by atoms with Crippen molar-refractivity contribution in [3.63, 3.8) is 0 Å². The molecule has 3 rings (SSSR count). The van der Waals surface area contributed by atoms with E-state index in [0.717, 1.165) is 10.1 Å². The van der Waals surface area contributed by atoms with E-state index in [4.69, 9.17) is 4.74 Å². The van der Waals surface area contributed by atoms with Crippen LogP contribution in [0.5, 0.6) is 0 Å². The number of nitrogens with zero attached hydrogens (tertiary/aromatic N) is 1. The Labute approximate surface area is 160 Å². The lowest BCUT2D eigenvalue weighted by molar-refractivity contribution is -0.137. The van der Waals surface area contributed by atoms with Crippen LogP contribution in [0.3, 0.4) is 0 Å². The maximum Gasteiger partial charge on any atom is 0.412 e. The Morgan fingerprint density at radius 3 is 2.21 bits per heavy atom. The van der Waals surface area contributed by atoms with Gasteiger partial charge in [0.1, 0.15) is 18.8 Å². The predicted molar refractivity (Wildman–Crippen MR) is 104 cm³/mol. The number of carboxylic acids is 1. The summed E-state index contributed by atoms with van der Waals surface area (Å²) in [5.41, 5.74) is 1.26. The van der Waals surface area contributed by atoms with Gasteiger partial charge in [0.2, 0.25) is 0 Å². The number of pyridine rings is 1. The Bertz CT molecular complexity index is 1030. The highest BCUT2D eigenvalue weighted by atomic mass is 16.5. The average Bonchev–Trinajstić information content (AvgIpc) is 2.71. The van der Waals surface area contributed by atoms with Crippen LogP contribution < -0.4 is 10.9 Å². The van der Waals surface area contributed by atoms with Gasteiger partial charge in [0.25, 0.3) is 5.56 Å². The SMILES string of the molecule is O=C(O)Cn1c(-c2ccccc2)ccc(NC(=O)OCc2ccccc2)c1=O. The van der Waals surface area contributed by atoms with Gasteiger partial charge in [0.05, 0.1) is 5.69 Å². The number of ether oxygens (including phenoxy) is 1. The zero-order valence-corrected chi connectivity index (χ0v) is 14.9. The Kier molecular flexibility index (Phi) is 5.86. The van der Waals surface area contributed by atoms with E-state index in [2.05, 4.69) is 5.32 Å². The van der Waals surface area contributed by atoms with Crippen molar-refractivity contribution in [3.8, 4) is 11.3 Å². The van der Waals surface area contributed by atoms with Crippen molar-refractivity contribution in [2.45, 2.75) is 13.2 Å². The zero-order valence-electron chi connectivity index (χ0n) is 14.9. The molecule has 2 N–H and O–H groups in total. The van der Waals surface area contributed by atoms with Gasteiger partial charge < -0.3 is 9.84 Å². The van der Waals surface area contributed by atoms with Crippen LogP contribution in [0, 0.1) is 0 Å². The minimum absolute atomic E-state index is 0.0537. The summed E-state index contributed by atoms with van der Waals surface area (Å²) in [7, 11) is 0. The molecule has 0 spiro atoms. The van der Waals surface area contributed by atoms with Crippen LogP contribution >= 0.6 is 0 Å². The van der Waals surface area contributed by atoms with Gasteiger partial charge in [-0.2, -0.15) is 0 Å². The van der Waals surface area contributed by atoms with E-state index in [1.54, 1.807) is 30.3 Å². The van der Waals surface area contributed by atoms with Crippen molar-refractivity contribution < 1.29 is 19.4 Å². The lowest BCUT2D eigenvalue weighted by Gasteiger charge is -2.14. The van der Waals surface area contributed by atoms with E-state index >= 15 is 0 Å². The van der Waals surface area contributed by atoms with Crippen molar-refractivity contribution in [2.75, 3.05) is 5.32 Å². The summed E-state index contributed by atoms with van der Waals surface area (Å²) in [6.07, 6.45) is -0.796. The molecule has 0 aliphatic heterocycles. The smallest absolute Gasteiger partial charge is 0.412 e. The van der Waals surface area contributed by atoms with Gasteiger partial charge in [-0.05, 0) is 23.3 Å². The topological polar surface area (TPSA) is 97.6 Å². The summed E-state index contributed by atoms with van der Waals surface area (Å²) in [5.74, 6) is -1.16. The summed E-state index contributed by atoms with van der Waals surface area (Å²) in [6, 6.07) is 21.1. The predicted octanol–water partition coefficient (Wildman–Crippen LogP) is 3.35. The van der Waals surface area contributed by atoms with Crippen molar-refractivity contribution in [2.24, 2.45) is 0 Å². The van der Waals surface area contributed by atoms with Gasteiger partial charge in [0.15, 0.2) is 0 Å². The number of aliphatic carboxylic acids is 1. The molecule has 0 fully saturated rings. The van der Waals surface area contributed by atoms with Crippen LogP contribution in [0.2, 0.25) is 0 Å². The molecule has 0 saturated carbocycles. The molecule has 2 aromatic carbocycles. The number of carbonyl (C=O) groups is 2. The number of aromatic nitrogens is 1. The maximum atomic E-state index is 12.7. The molecule has 1 aromatic heterocycles. The third kappa shape index (κ3) is 4.64. The molecular weight excluding hydrogens is 360 g/mol. The summed E-state index contributed by atoms with van der Waals surface area (Å²) in [6.45, 7) is -0.476. The number of hydrogen-bond acceptors (Lipinski definition) is 4. The quantitative estimate of drug-likeness (QED) is 0.686. The van der Waals surface area contributed by atoms with E-state index in [1.165, 1.54) is 6.07 Å². The molecule has 0 bridgehead atoms. The van der Waals surface area contributed by atoms with E-state index in [9.17, 15) is 19.5 Å². The van der Waals surface area contributed by atoms with Crippen molar-refractivity contribution in [1.82, 2.24) is 4.57 Å². The van der Waals surface area contributed by atoms with Crippen LogP contribution in [0.4, 0.5) is 10.5 Å². The third-order valence-corrected chi connectivity index (χ3v) is 3.99. The first-order valence-electron chi connectivity index (χ1n) is 8.53. The largest absolute Gasteiger partial charge is 0.480 e. The van der Waals surface area contributed by atoms with E-state index in [-0.39, 0.29) is 12.3 Å². The molecule has 1 amide bonds. The second-order valence-electron chi connectivity index (χ2n) is 5.97. The Morgan fingerprint density at radius 1 is 0.929 bits per heavy atom. The lowest BCUT2D eigenvalue weighted by Crippen LogP contribution is -2.29. The normalized spacial score (nSPS) is 10.3. The number of benzene rings is 2. The molecule has 3 aromatic rings. The Hall–Kier alpha value is -3.87. The van der Waals surface area contributed by atoms with Crippen LogP contribution in [0.1, 0.15) is 5.56 Å². The highest BCUT2D eigenvalue weighted by Gasteiger charge is 2.15. The van der Waals surface area contributed by atoms with Gasteiger partial charge >= 0.3 is 12.1 Å². The minimum Gasteiger partial charge on any atom is -0.480 e. The maximum absolute atomic E-state index is 12.7. The fraction of sp³-hybridized carbons (Fsp3) is 0.0952. The van der Waals surface area contributed by atoms with E-state index < -0.39 is 24.2 Å². The summed E-state index contributed by atoms with van der Waals surface area (Å²) in [4.78, 5) is 36.0. The summed E-state index contributed by atoms with van der Waals surface area (Å²) < 4.78 is 6.21. The average molecular weight is 378 g/mol. The number of anilines is 1. The van der Waals surface area contributed by atoms with Crippen LogP contribution in [0.25, 0.3) is 11.3 Å². The number of rotatable bonds is 6. The first-order valence-corrected chi connectivity index (χ1v) is 8.53. The number of hydrogen-bond donors (Lipinski definition) is 2. The molecule has 0 atom stereocenters. The molecule has 0 radical (unpaired) electrons. The molecule has 0 aliphatic rings. The molecule has 7 heteroatoms. The minimum atomic E-state index is -1.16. The fourth-order valence-corrected chi connectivity index (χ4v) is 2.70. The van der Waals surface area contributed by atoms with Crippen LogP contribution in [-0.2, 0) is 22.7 Å². The van der Waals surface area contributed by atoms with Crippen molar-refractivity contribution >= 4 is 17.7 Å². The highest BCUT2D eigenvalue weighted by Crippen LogP contribution is 2.19. The molecule has 0 saturated heterocycles. The second kappa shape index (κ2) is 8.68. The number of carbonyl (C=O) groups excluding carboxylic acids is 1. The van der Waals surface area contributed by atoms with Crippen LogP contribution in [0.15, 0.2) is 77.6 Å². The monoisotopic (exact) mass is 378 g/mol. The van der Waals surface area contributed by atoms with E-state index in [0.29, 0.717) is 11.3 Å². The van der Waals surface area contributed by atoms with Crippen LogP contribution in [-0.4, -0.2) is 21.7 Å². The lowest BCUT2D eigenvalue weighted by atomic mass is 10.1. The van der Waals surface area contributed by atoms with E-state index in [1.807, 2.05) is 36.4 Å². The van der Waals surface area contributed by atoms with Gasteiger partial charge in [-0.1, -0.05) is 60.7 Å². The number of carboxylic acid groups (broad SMARTS) is 1. The summed E-state index contributed by atoms with van der Waals surface area (Å²) in [5, 5.41) is 11.6. The fourth-order valence-electron chi connectivity index (χ4n) is 2.70. The molecule has 142 valence electrons. The molecular formula is C21H18N2O5. The second-order valence-corrected chi connectivity index (χ2v) is 5.97. The van der Waals surface area contributed by atoms with Gasteiger partial charge in [-0.25, -0.2) is 4.79 Å². The van der Waals surface area contributed by atoms with Crippen molar-refractivity contribution in [3.05, 3.63) is 88.7 Å². The summed E-state index contributed by atoms with van der Waals surface area (Å²) >= 11 is 0. The number of nitrogens with one attached hydrogen (secondary N) is 1. The Morgan fingerprint density at radius 2 is 1.57 bits per heavy atom. The molecule has 28 heavy (non-hydrogen) atoms. The third-order valence-electron chi connectivity index (χ3n) is 3.99. The molecule has 7 nitrogen and oxygen atoms in total. The standard InChI is InChI=1S/C21H18N2O5/c24-19(25)13-23-18(16-9-5-2-6-10-16)12-11-17(20(23)26)22-21(27)28-14-15-7-3-1-4-8-15/h1-12H,13-14H2,(H,22,27)(H,24,25). The van der Waals surface area contributed by atoms with Gasteiger partial charge in [0, 0.05) is 0 Å². The van der Waals surface area contributed by atoms with Gasteiger partial charge in [-0.3, -0.25) is 19.5 Å². The molecule has 1 heterocycles. The first kappa shape index (κ1) is 18.9. The highest BCUT2D eigenvalue weighted by molar-refractivity contribution is 5.84. The molecule has 0 aliphatic carbocycles. The zero-order chi connectivity index (χ0) is 19.9. The Balaban J connectivity index is 1.82. The number of amides is 1. The first-order chi connectivity index (χ1) is 13.5.